The highest BCUT2D eigenvalue weighted by molar-refractivity contribution is 6.74. The van der Waals surface area contributed by atoms with E-state index in [-0.39, 0.29) is 9.91 Å². The maximum atomic E-state index is 11.7. The summed E-state index contributed by atoms with van der Waals surface area (Å²) in [5, 5.41) is 0.0225. The molecule has 4 saturated carbocycles. The van der Waals surface area contributed by atoms with Crippen molar-refractivity contribution in [3.63, 3.8) is 0 Å². The first-order chi connectivity index (χ1) is 15.9. The SMILES string of the molecule is COC(=O)C#Cc1ccc(C(OC)=C2C3CC4CC2CC(Cl)(C4)C3)cc1O[Si](C)(C)C(C)(C)C. The van der Waals surface area contributed by atoms with Gasteiger partial charge in [-0.15, -0.1) is 11.6 Å². The molecular formula is C28H37ClO4Si. The lowest BCUT2D eigenvalue weighted by Crippen LogP contribution is -2.48. The number of halogens is 1. The molecule has 0 saturated heterocycles. The van der Waals surface area contributed by atoms with Crippen molar-refractivity contribution in [2.75, 3.05) is 14.2 Å². The molecule has 4 aliphatic carbocycles. The molecular weight excluding hydrogens is 464 g/mol. The predicted molar refractivity (Wildman–Crippen MR) is 139 cm³/mol. The summed E-state index contributed by atoms with van der Waals surface area (Å²) in [5.41, 5.74) is 3.12. The third-order valence-corrected chi connectivity index (χ3v) is 13.2. The summed E-state index contributed by atoms with van der Waals surface area (Å²) in [6, 6.07) is 6.02. The smallest absolute Gasteiger partial charge is 0.384 e. The first-order valence-electron chi connectivity index (χ1n) is 12.3. The molecule has 4 fully saturated rings. The van der Waals surface area contributed by atoms with Crippen molar-refractivity contribution >= 4 is 31.6 Å². The van der Waals surface area contributed by atoms with Gasteiger partial charge in [0.15, 0.2) is 0 Å². The fourth-order valence-electron chi connectivity index (χ4n) is 5.91. The molecule has 6 heteroatoms. The molecule has 4 aliphatic rings. The minimum Gasteiger partial charge on any atom is -0.543 e. The number of methoxy groups -OCH3 is 2. The number of ether oxygens (including phenoxy) is 2. The second-order valence-corrected chi connectivity index (χ2v) is 17.3. The maximum Gasteiger partial charge on any atom is 0.384 e. The van der Waals surface area contributed by atoms with Crippen LogP contribution in [0, 0.1) is 29.6 Å². The largest absolute Gasteiger partial charge is 0.543 e. The van der Waals surface area contributed by atoms with Gasteiger partial charge < -0.3 is 13.9 Å². The van der Waals surface area contributed by atoms with Crippen molar-refractivity contribution < 1.29 is 18.7 Å². The van der Waals surface area contributed by atoms with Crippen LogP contribution in [0.3, 0.4) is 0 Å². The Balaban J connectivity index is 1.78. The van der Waals surface area contributed by atoms with Gasteiger partial charge in [-0.2, -0.15) is 0 Å². The fraction of sp³-hybridized carbons (Fsp3) is 0.607. The Bertz CT molecular complexity index is 1050. The second-order valence-electron chi connectivity index (χ2n) is 11.8. The summed E-state index contributed by atoms with van der Waals surface area (Å²) in [6.45, 7) is 11.1. The van der Waals surface area contributed by atoms with Crippen molar-refractivity contribution in [1.82, 2.24) is 0 Å². The zero-order valence-electron chi connectivity index (χ0n) is 21.5. The van der Waals surface area contributed by atoms with Crippen molar-refractivity contribution in [1.29, 1.82) is 0 Å². The summed E-state index contributed by atoms with van der Waals surface area (Å²) in [7, 11) is 0.957. The normalized spacial score (nSPS) is 27.6. The van der Waals surface area contributed by atoms with Gasteiger partial charge in [-0.25, -0.2) is 4.79 Å². The van der Waals surface area contributed by atoms with Crippen LogP contribution in [0.2, 0.25) is 18.1 Å². The Morgan fingerprint density at radius 1 is 1.09 bits per heavy atom. The van der Waals surface area contributed by atoms with Crippen molar-refractivity contribution in [2.24, 2.45) is 17.8 Å². The van der Waals surface area contributed by atoms with Gasteiger partial charge in [-0.1, -0.05) is 26.7 Å². The van der Waals surface area contributed by atoms with Crippen LogP contribution in [-0.2, 0) is 14.3 Å². The van der Waals surface area contributed by atoms with Gasteiger partial charge in [0.2, 0.25) is 0 Å². The first-order valence-corrected chi connectivity index (χ1v) is 15.5. The molecule has 0 N–H and O–H groups in total. The molecule has 2 unspecified atom stereocenters. The van der Waals surface area contributed by atoms with E-state index in [1.807, 2.05) is 12.1 Å². The van der Waals surface area contributed by atoms with E-state index in [4.69, 9.17) is 25.5 Å². The van der Waals surface area contributed by atoms with Crippen LogP contribution in [0.4, 0.5) is 0 Å². The van der Waals surface area contributed by atoms with Gasteiger partial charge in [0, 0.05) is 16.4 Å². The summed E-state index contributed by atoms with van der Waals surface area (Å²) in [4.78, 5) is 11.6. The maximum absolute atomic E-state index is 11.7. The Hall–Kier alpha value is -1.90. The number of hydrogen-bond donors (Lipinski definition) is 0. The molecule has 4 bridgehead atoms. The zero-order chi connectivity index (χ0) is 24.9. The van der Waals surface area contributed by atoms with Crippen molar-refractivity contribution in [3.05, 3.63) is 34.9 Å². The van der Waals surface area contributed by atoms with Crippen molar-refractivity contribution in [2.45, 2.75) is 75.9 Å². The molecule has 0 amide bonds. The van der Waals surface area contributed by atoms with Crippen LogP contribution >= 0.6 is 11.6 Å². The lowest BCUT2D eigenvalue weighted by molar-refractivity contribution is -0.133. The summed E-state index contributed by atoms with van der Waals surface area (Å²) >= 11 is 6.99. The molecule has 0 aromatic heterocycles. The molecule has 0 aliphatic heterocycles. The Kier molecular flexibility index (Phi) is 6.63. The molecule has 34 heavy (non-hydrogen) atoms. The summed E-state index contributed by atoms with van der Waals surface area (Å²) in [6.07, 6.45) is 5.67. The average Bonchev–Trinajstić information content (AvgIpc) is 2.73. The van der Waals surface area contributed by atoms with Crippen LogP contribution in [0.25, 0.3) is 5.76 Å². The standard InChI is InChI=1S/C28H37ClO4Si/c1-27(2,3)34(6,7)33-23-14-20(9-8-19(23)10-11-24(30)31-4)26(32-5)25-21-12-18-13-22(25)17-28(29,15-18)16-21/h8-9,14,18,21-22H,12-13,15-17H2,1-7H3. The number of carbonyl (C=O) groups excluding carboxylic acids is 1. The number of alkyl halides is 1. The minimum absolute atomic E-state index is 0.0225. The van der Waals surface area contributed by atoms with Gasteiger partial charge in [0.05, 0.1) is 19.8 Å². The highest BCUT2D eigenvalue weighted by Gasteiger charge is 2.53. The van der Waals surface area contributed by atoms with Gasteiger partial charge in [0.1, 0.15) is 11.5 Å². The van der Waals surface area contributed by atoms with Crippen molar-refractivity contribution in [3.8, 4) is 17.6 Å². The van der Waals surface area contributed by atoms with E-state index in [9.17, 15) is 4.79 Å². The second kappa shape index (κ2) is 8.95. The van der Waals surface area contributed by atoms with Gasteiger partial charge in [-0.3, -0.25) is 0 Å². The lowest BCUT2D eigenvalue weighted by Gasteiger charge is -2.55. The zero-order valence-corrected chi connectivity index (χ0v) is 23.3. The van der Waals surface area contributed by atoms with Crippen LogP contribution < -0.4 is 4.43 Å². The van der Waals surface area contributed by atoms with Gasteiger partial charge >= 0.3 is 5.97 Å². The van der Waals surface area contributed by atoms with Crippen LogP contribution in [0.15, 0.2) is 23.8 Å². The third-order valence-electron chi connectivity index (χ3n) is 8.36. The van der Waals surface area contributed by atoms with Gasteiger partial charge in [0.25, 0.3) is 8.32 Å². The topological polar surface area (TPSA) is 44.8 Å². The Morgan fingerprint density at radius 3 is 2.26 bits per heavy atom. The number of rotatable bonds is 4. The average molecular weight is 501 g/mol. The molecule has 0 heterocycles. The number of hydrogen-bond acceptors (Lipinski definition) is 4. The monoisotopic (exact) mass is 500 g/mol. The van der Waals surface area contributed by atoms with Crippen LogP contribution in [0.1, 0.15) is 64.0 Å². The third kappa shape index (κ3) is 4.77. The van der Waals surface area contributed by atoms with Crippen LogP contribution in [-0.4, -0.2) is 33.4 Å². The Morgan fingerprint density at radius 2 is 1.74 bits per heavy atom. The molecule has 1 aromatic rings. The van der Waals surface area contributed by atoms with E-state index in [1.54, 1.807) is 7.11 Å². The van der Waals surface area contributed by atoms with Gasteiger partial charge in [-0.05, 0) is 91.8 Å². The number of carbonyl (C=O) groups is 1. The lowest BCUT2D eigenvalue weighted by atomic mass is 9.53. The first kappa shape index (κ1) is 25.2. The molecule has 184 valence electrons. The molecule has 2 atom stereocenters. The number of allylic oxidation sites excluding steroid dienone is 1. The quantitative estimate of drug-likeness (QED) is 0.150. The molecule has 0 radical (unpaired) electrons. The molecule has 5 rings (SSSR count). The highest BCUT2D eigenvalue weighted by atomic mass is 35.5. The fourth-order valence-corrected chi connectivity index (χ4v) is 7.53. The van der Waals surface area contributed by atoms with E-state index < -0.39 is 14.3 Å². The van der Waals surface area contributed by atoms with E-state index in [0.717, 1.165) is 36.5 Å². The molecule has 1 aromatic carbocycles. The predicted octanol–water partition coefficient (Wildman–Crippen LogP) is 6.77. The van der Waals surface area contributed by atoms with E-state index in [0.29, 0.717) is 23.1 Å². The highest BCUT2D eigenvalue weighted by Crippen LogP contribution is 2.61. The van der Waals surface area contributed by atoms with Crippen LogP contribution in [0.5, 0.6) is 5.75 Å². The van der Waals surface area contributed by atoms with E-state index >= 15 is 0 Å². The number of esters is 1. The van der Waals surface area contributed by atoms with E-state index in [1.165, 1.54) is 25.5 Å². The summed E-state index contributed by atoms with van der Waals surface area (Å²) in [5.74, 6) is 8.32. The molecule has 0 spiro atoms. The minimum atomic E-state index is -2.14. The Labute approximate surface area is 210 Å². The summed E-state index contributed by atoms with van der Waals surface area (Å²) < 4.78 is 17.5. The molecule has 4 nitrogen and oxygen atoms in total. The van der Waals surface area contributed by atoms with E-state index in [2.05, 4.69) is 51.8 Å². The number of benzene rings is 1.